The Hall–Kier alpha value is -1.67. The number of rotatable bonds is 9. The number of hydrogen-bond donors (Lipinski definition) is 1. The molecule has 1 saturated heterocycles. The van der Waals surface area contributed by atoms with Gasteiger partial charge in [-0.25, -0.2) is 4.39 Å². The molecule has 0 aromatic heterocycles. The molecule has 0 amide bonds. The topological polar surface area (TPSA) is 45.2 Å². The quantitative estimate of drug-likeness (QED) is 0.592. The Morgan fingerprint density at radius 2 is 1.71 bits per heavy atom. The molecule has 2 aromatic carbocycles. The minimum absolute atomic E-state index is 0.185. The van der Waals surface area contributed by atoms with Crippen molar-refractivity contribution < 1.29 is 19.0 Å². The monoisotopic (exact) mass is 452 g/mol. The molecule has 5 nitrogen and oxygen atoms in total. The van der Waals surface area contributed by atoms with Gasteiger partial charge < -0.3 is 19.5 Å². The van der Waals surface area contributed by atoms with Gasteiger partial charge in [0.15, 0.2) is 0 Å². The Morgan fingerprint density at radius 3 is 2.43 bits per heavy atom. The van der Waals surface area contributed by atoms with E-state index in [0.717, 1.165) is 36.4 Å². The maximum Gasteiger partial charge on any atom is 0.146 e. The summed E-state index contributed by atoms with van der Waals surface area (Å²) in [4.78, 5) is 4.23. The molecule has 7 heteroatoms. The lowest BCUT2D eigenvalue weighted by atomic mass is 10.2. The fraction of sp³-hybridized carbons (Fsp3) is 0.429. The van der Waals surface area contributed by atoms with E-state index in [2.05, 4.69) is 20.8 Å². The summed E-state index contributed by atoms with van der Waals surface area (Å²) in [6.45, 7) is 4.76. The molecule has 0 aliphatic carbocycles. The molecule has 2 aromatic rings. The SMILES string of the molecule is OC(COCCOc1ccc(Br)cc1)CN1CCN(c2ccccc2F)CC1. The van der Waals surface area contributed by atoms with Crippen molar-refractivity contribution in [3.8, 4) is 5.75 Å². The van der Waals surface area contributed by atoms with Crippen molar-refractivity contribution in [1.82, 2.24) is 4.90 Å². The number of ether oxygens (including phenoxy) is 2. The smallest absolute Gasteiger partial charge is 0.146 e. The number of anilines is 1. The first-order chi connectivity index (χ1) is 13.6. The minimum atomic E-state index is -0.548. The third-order valence-corrected chi connectivity index (χ3v) is 5.18. The average Bonchev–Trinajstić information content (AvgIpc) is 2.70. The van der Waals surface area contributed by atoms with E-state index in [4.69, 9.17) is 9.47 Å². The molecule has 3 rings (SSSR count). The van der Waals surface area contributed by atoms with Crippen LogP contribution < -0.4 is 9.64 Å². The molecular formula is C21H26BrFN2O3. The van der Waals surface area contributed by atoms with Crippen molar-refractivity contribution in [3.05, 3.63) is 58.8 Å². The van der Waals surface area contributed by atoms with Gasteiger partial charge in [0.1, 0.15) is 18.2 Å². The summed E-state index contributed by atoms with van der Waals surface area (Å²) in [5, 5.41) is 10.2. The second-order valence-electron chi connectivity index (χ2n) is 6.77. The first-order valence-corrected chi connectivity index (χ1v) is 10.3. The lowest BCUT2D eigenvalue weighted by molar-refractivity contribution is 0.00716. The van der Waals surface area contributed by atoms with Gasteiger partial charge >= 0.3 is 0 Å². The highest BCUT2D eigenvalue weighted by molar-refractivity contribution is 9.10. The maximum atomic E-state index is 13.9. The van der Waals surface area contributed by atoms with Crippen molar-refractivity contribution in [1.29, 1.82) is 0 Å². The van der Waals surface area contributed by atoms with E-state index >= 15 is 0 Å². The molecule has 1 N–H and O–H groups in total. The fourth-order valence-corrected chi connectivity index (χ4v) is 3.46. The van der Waals surface area contributed by atoms with Crippen molar-refractivity contribution in [2.45, 2.75) is 6.10 Å². The van der Waals surface area contributed by atoms with E-state index in [1.165, 1.54) is 6.07 Å². The Morgan fingerprint density at radius 1 is 1.00 bits per heavy atom. The minimum Gasteiger partial charge on any atom is -0.491 e. The van der Waals surface area contributed by atoms with Gasteiger partial charge in [-0.15, -0.1) is 0 Å². The summed E-state index contributed by atoms with van der Waals surface area (Å²) < 4.78 is 26.0. The highest BCUT2D eigenvalue weighted by atomic mass is 79.9. The standard InChI is InChI=1S/C21H26BrFN2O3/c22-17-5-7-19(8-6-17)28-14-13-27-16-18(26)15-24-9-11-25(12-10-24)21-4-2-1-3-20(21)23/h1-8,18,26H,9-16H2. The van der Waals surface area contributed by atoms with Crippen LogP contribution in [0.25, 0.3) is 0 Å². The van der Waals surface area contributed by atoms with Crippen LogP contribution in [0.1, 0.15) is 0 Å². The summed E-state index contributed by atoms with van der Waals surface area (Å²) in [5.41, 5.74) is 0.650. The lowest BCUT2D eigenvalue weighted by Crippen LogP contribution is -2.49. The number of β-amino-alcohol motifs (C(OH)–C–C–N with tert-alkyl or cyclic N) is 1. The summed E-state index contributed by atoms with van der Waals surface area (Å²) in [6, 6.07) is 14.5. The second-order valence-corrected chi connectivity index (χ2v) is 7.69. The van der Waals surface area contributed by atoms with Crippen LogP contribution in [0.5, 0.6) is 5.75 Å². The largest absolute Gasteiger partial charge is 0.491 e. The molecule has 0 bridgehead atoms. The summed E-state index contributed by atoms with van der Waals surface area (Å²) in [5.74, 6) is 0.606. The number of hydrogen-bond acceptors (Lipinski definition) is 5. The second kappa shape index (κ2) is 10.8. The molecular weight excluding hydrogens is 427 g/mol. The number of aliphatic hydroxyl groups is 1. The van der Waals surface area contributed by atoms with E-state index in [-0.39, 0.29) is 12.4 Å². The molecule has 1 atom stereocenters. The summed E-state index contributed by atoms with van der Waals surface area (Å²) in [6.07, 6.45) is -0.548. The molecule has 152 valence electrons. The van der Waals surface area contributed by atoms with Crippen LogP contribution >= 0.6 is 15.9 Å². The Bertz CT molecular complexity index is 724. The van der Waals surface area contributed by atoms with Crippen molar-refractivity contribution in [2.75, 3.05) is 57.4 Å². The molecule has 1 aliphatic heterocycles. The zero-order chi connectivity index (χ0) is 19.8. The molecule has 1 heterocycles. The highest BCUT2D eigenvalue weighted by Gasteiger charge is 2.21. The Balaban J connectivity index is 1.29. The number of aliphatic hydroxyl groups excluding tert-OH is 1. The van der Waals surface area contributed by atoms with Crippen LogP contribution in [0.15, 0.2) is 53.0 Å². The Labute approximate surface area is 173 Å². The first-order valence-electron chi connectivity index (χ1n) is 9.48. The number of nitrogens with zero attached hydrogens (tertiary/aromatic N) is 2. The first kappa shape index (κ1) is 21.0. The predicted octanol–water partition coefficient (Wildman–Crippen LogP) is 3.17. The van der Waals surface area contributed by atoms with Crippen molar-refractivity contribution >= 4 is 21.6 Å². The van der Waals surface area contributed by atoms with Gasteiger partial charge in [0, 0.05) is 37.2 Å². The molecule has 0 radical (unpaired) electrons. The Kier molecular flexibility index (Phi) is 8.09. The third-order valence-electron chi connectivity index (χ3n) is 4.65. The van der Waals surface area contributed by atoms with Crippen LogP contribution in [0.4, 0.5) is 10.1 Å². The van der Waals surface area contributed by atoms with Crippen LogP contribution in [0.2, 0.25) is 0 Å². The maximum absolute atomic E-state index is 13.9. The van der Waals surface area contributed by atoms with Gasteiger partial charge in [-0.1, -0.05) is 28.1 Å². The van der Waals surface area contributed by atoms with Crippen LogP contribution in [0, 0.1) is 5.82 Å². The molecule has 1 aliphatic rings. The fourth-order valence-electron chi connectivity index (χ4n) is 3.20. The van der Waals surface area contributed by atoms with Gasteiger partial charge in [-0.05, 0) is 36.4 Å². The zero-order valence-corrected chi connectivity index (χ0v) is 17.4. The van der Waals surface area contributed by atoms with E-state index in [1.807, 2.05) is 41.3 Å². The molecule has 0 spiro atoms. The summed E-state index contributed by atoms with van der Waals surface area (Å²) in [7, 11) is 0. The van der Waals surface area contributed by atoms with Crippen LogP contribution in [-0.4, -0.2) is 68.7 Å². The number of piperazine rings is 1. The third kappa shape index (κ3) is 6.44. The highest BCUT2D eigenvalue weighted by Crippen LogP contribution is 2.20. The van der Waals surface area contributed by atoms with Crippen molar-refractivity contribution in [3.63, 3.8) is 0 Å². The van der Waals surface area contributed by atoms with Crippen molar-refractivity contribution in [2.24, 2.45) is 0 Å². The number of halogens is 2. The van der Waals surface area contributed by atoms with Gasteiger partial charge in [0.05, 0.1) is 25.0 Å². The van der Waals surface area contributed by atoms with Gasteiger partial charge in [-0.3, -0.25) is 4.90 Å². The van der Waals surface area contributed by atoms with E-state index in [0.29, 0.717) is 25.4 Å². The molecule has 0 saturated carbocycles. The predicted molar refractivity (Wildman–Crippen MR) is 112 cm³/mol. The van der Waals surface area contributed by atoms with Gasteiger partial charge in [0.2, 0.25) is 0 Å². The van der Waals surface area contributed by atoms with E-state index in [9.17, 15) is 9.50 Å². The zero-order valence-electron chi connectivity index (χ0n) is 15.8. The van der Waals surface area contributed by atoms with E-state index < -0.39 is 6.10 Å². The number of benzene rings is 2. The number of para-hydroxylation sites is 1. The lowest BCUT2D eigenvalue weighted by Gasteiger charge is -2.36. The summed E-state index contributed by atoms with van der Waals surface area (Å²) >= 11 is 3.38. The molecule has 28 heavy (non-hydrogen) atoms. The molecule has 1 fully saturated rings. The normalized spacial score (nSPS) is 16.2. The average molecular weight is 453 g/mol. The molecule has 1 unspecified atom stereocenters. The van der Waals surface area contributed by atoms with E-state index in [1.54, 1.807) is 6.07 Å². The van der Waals surface area contributed by atoms with Crippen LogP contribution in [-0.2, 0) is 4.74 Å². The van der Waals surface area contributed by atoms with Crippen LogP contribution in [0.3, 0.4) is 0 Å². The van der Waals surface area contributed by atoms with Gasteiger partial charge in [-0.2, -0.15) is 0 Å². The van der Waals surface area contributed by atoms with Gasteiger partial charge in [0.25, 0.3) is 0 Å².